The van der Waals surface area contributed by atoms with Crippen LogP contribution in [0.5, 0.6) is 0 Å². The van der Waals surface area contributed by atoms with Gasteiger partial charge in [-0.1, -0.05) is 46.5 Å². The first kappa shape index (κ1) is 16.0. The van der Waals surface area contributed by atoms with Crippen molar-refractivity contribution in [2.75, 3.05) is 13.2 Å². The fraction of sp³-hybridized carbons (Fsp3) is 1.00. The second-order valence-electron chi connectivity index (χ2n) is 5.76. The zero-order chi connectivity index (χ0) is 13.2. The Balaban J connectivity index is 2.29. The van der Waals surface area contributed by atoms with Gasteiger partial charge in [0.1, 0.15) is 0 Å². The lowest BCUT2D eigenvalue weighted by Crippen LogP contribution is -2.37. The lowest BCUT2D eigenvalue weighted by atomic mass is 9.85. The van der Waals surface area contributed by atoms with Crippen molar-refractivity contribution in [3.05, 3.63) is 0 Å². The Kier molecular flexibility index (Phi) is 8.70. The summed E-state index contributed by atoms with van der Waals surface area (Å²) < 4.78 is 6.24. The predicted molar refractivity (Wildman–Crippen MR) is 79.0 cm³/mol. The summed E-state index contributed by atoms with van der Waals surface area (Å²) in [6.07, 6.45) is 10.9. The van der Waals surface area contributed by atoms with Crippen LogP contribution in [0.25, 0.3) is 0 Å². The molecular weight excluding hydrogens is 222 g/mol. The number of hydrogen-bond acceptors (Lipinski definition) is 2. The van der Waals surface area contributed by atoms with Crippen LogP contribution in [0.4, 0.5) is 0 Å². The zero-order valence-electron chi connectivity index (χ0n) is 12.7. The van der Waals surface area contributed by atoms with Crippen molar-refractivity contribution in [3.8, 4) is 0 Å². The summed E-state index contributed by atoms with van der Waals surface area (Å²) in [5, 5.41) is 3.62. The van der Waals surface area contributed by atoms with Crippen LogP contribution in [0.15, 0.2) is 0 Å². The molecule has 1 saturated carbocycles. The lowest BCUT2D eigenvalue weighted by Gasteiger charge is -2.32. The summed E-state index contributed by atoms with van der Waals surface area (Å²) in [7, 11) is 0. The molecule has 2 nitrogen and oxygen atoms in total. The van der Waals surface area contributed by atoms with Gasteiger partial charge < -0.3 is 10.1 Å². The van der Waals surface area contributed by atoms with E-state index >= 15 is 0 Å². The third kappa shape index (κ3) is 5.71. The van der Waals surface area contributed by atoms with Gasteiger partial charge in [-0.2, -0.15) is 0 Å². The van der Waals surface area contributed by atoms with Crippen molar-refractivity contribution in [1.29, 1.82) is 0 Å². The molecule has 0 aromatic rings. The lowest BCUT2D eigenvalue weighted by molar-refractivity contribution is -0.0222. The maximum absolute atomic E-state index is 6.24. The number of nitrogens with one attached hydrogen (secondary N) is 1. The minimum absolute atomic E-state index is 0.534. The normalized spacial score (nSPS) is 26.2. The average molecular weight is 255 g/mol. The van der Waals surface area contributed by atoms with E-state index in [1.807, 2.05) is 0 Å². The SMILES string of the molecule is CCCNC(CCC)COC1CCCCC1CC. The van der Waals surface area contributed by atoms with Crippen LogP contribution in [0, 0.1) is 5.92 Å². The van der Waals surface area contributed by atoms with Gasteiger partial charge in [-0.05, 0) is 38.1 Å². The quantitative estimate of drug-likeness (QED) is 0.668. The van der Waals surface area contributed by atoms with Gasteiger partial charge in [-0.25, -0.2) is 0 Å². The van der Waals surface area contributed by atoms with E-state index in [1.54, 1.807) is 0 Å². The van der Waals surface area contributed by atoms with E-state index in [9.17, 15) is 0 Å². The highest BCUT2D eigenvalue weighted by Gasteiger charge is 2.24. The summed E-state index contributed by atoms with van der Waals surface area (Å²) in [4.78, 5) is 0. The minimum atomic E-state index is 0.534. The van der Waals surface area contributed by atoms with Gasteiger partial charge in [-0.15, -0.1) is 0 Å². The van der Waals surface area contributed by atoms with Gasteiger partial charge in [0.05, 0.1) is 12.7 Å². The molecule has 0 heterocycles. The van der Waals surface area contributed by atoms with E-state index in [2.05, 4.69) is 26.1 Å². The molecule has 0 spiro atoms. The molecule has 0 amide bonds. The first-order valence-corrected chi connectivity index (χ1v) is 8.16. The molecule has 1 aliphatic carbocycles. The molecular formula is C16H33NO. The van der Waals surface area contributed by atoms with Crippen molar-refractivity contribution in [2.24, 2.45) is 5.92 Å². The zero-order valence-corrected chi connectivity index (χ0v) is 12.7. The van der Waals surface area contributed by atoms with Crippen LogP contribution in [0.2, 0.25) is 0 Å². The highest BCUT2D eigenvalue weighted by Crippen LogP contribution is 2.29. The fourth-order valence-corrected chi connectivity index (χ4v) is 3.04. The Morgan fingerprint density at radius 3 is 2.56 bits per heavy atom. The van der Waals surface area contributed by atoms with Crippen LogP contribution in [-0.4, -0.2) is 25.3 Å². The van der Waals surface area contributed by atoms with Gasteiger partial charge in [0.15, 0.2) is 0 Å². The highest BCUT2D eigenvalue weighted by atomic mass is 16.5. The second kappa shape index (κ2) is 9.80. The van der Waals surface area contributed by atoms with Crippen LogP contribution < -0.4 is 5.32 Å². The van der Waals surface area contributed by atoms with E-state index in [-0.39, 0.29) is 0 Å². The standard InChI is InChI=1S/C16H33NO/c1-4-9-15(17-12-5-2)13-18-16-11-8-7-10-14(16)6-3/h14-17H,4-13H2,1-3H3. The van der Waals surface area contributed by atoms with Gasteiger partial charge in [0.2, 0.25) is 0 Å². The summed E-state index contributed by atoms with van der Waals surface area (Å²) in [5.41, 5.74) is 0. The van der Waals surface area contributed by atoms with E-state index in [0.29, 0.717) is 12.1 Å². The van der Waals surface area contributed by atoms with Gasteiger partial charge in [0.25, 0.3) is 0 Å². The average Bonchev–Trinajstić information content (AvgIpc) is 2.42. The molecule has 1 rings (SSSR count). The van der Waals surface area contributed by atoms with E-state index in [1.165, 1.54) is 51.4 Å². The van der Waals surface area contributed by atoms with E-state index in [0.717, 1.165) is 19.1 Å². The molecule has 0 aromatic carbocycles. The Hall–Kier alpha value is -0.0800. The monoisotopic (exact) mass is 255 g/mol. The van der Waals surface area contributed by atoms with E-state index < -0.39 is 0 Å². The highest BCUT2D eigenvalue weighted by molar-refractivity contribution is 4.76. The Labute approximate surface area is 114 Å². The molecule has 1 aliphatic rings. The third-order valence-electron chi connectivity index (χ3n) is 4.20. The number of hydrogen-bond donors (Lipinski definition) is 1. The molecule has 1 N–H and O–H groups in total. The summed E-state index contributed by atoms with van der Waals surface area (Å²) in [6.45, 7) is 8.83. The largest absolute Gasteiger partial charge is 0.376 e. The fourth-order valence-electron chi connectivity index (χ4n) is 3.04. The molecule has 1 fully saturated rings. The van der Waals surface area contributed by atoms with Crippen LogP contribution in [0.1, 0.15) is 72.1 Å². The molecule has 0 aliphatic heterocycles. The molecule has 0 saturated heterocycles. The van der Waals surface area contributed by atoms with Crippen LogP contribution >= 0.6 is 0 Å². The summed E-state index contributed by atoms with van der Waals surface area (Å²) >= 11 is 0. The summed E-state index contributed by atoms with van der Waals surface area (Å²) in [6, 6.07) is 0.564. The minimum Gasteiger partial charge on any atom is -0.376 e. The molecule has 3 unspecified atom stereocenters. The van der Waals surface area contributed by atoms with Crippen molar-refractivity contribution in [2.45, 2.75) is 84.3 Å². The topological polar surface area (TPSA) is 21.3 Å². The van der Waals surface area contributed by atoms with Gasteiger partial charge >= 0.3 is 0 Å². The second-order valence-corrected chi connectivity index (χ2v) is 5.76. The van der Waals surface area contributed by atoms with Crippen molar-refractivity contribution >= 4 is 0 Å². The van der Waals surface area contributed by atoms with Crippen molar-refractivity contribution in [1.82, 2.24) is 5.32 Å². The first-order valence-electron chi connectivity index (χ1n) is 8.16. The molecule has 2 heteroatoms. The first-order chi connectivity index (χ1) is 8.81. The Bertz CT molecular complexity index is 196. The number of rotatable bonds is 9. The van der Waals surface area contributed by atoms with Gasteiger partial charge in [0, 0.05) is 6.04 Å². The van der Waals surface area contributed by atoms with Crippen LogP contribution in [-0.2, 0) is 4.74 Å². The molecule has 0 bridgehead atoms. The maximum Gasteiger partial charge on any atom is 0.0623 e. The van der Waals surface area contributed by atoms with Crippen LogP contribution in [0.3, 0.4) is 0 Å². The number of ether oxygens (including phenoxy) is 1. The third-order valence-corrected chi connectivity index (χ3v) is 4.20. The predicted octanol–water partition coefficient (Wildman–Crippen LogP) is 4.14. The van der Waals surface area contributed by atoms with Crippen molar-refractivity contribution in [3.63, 3.8) is 0 Å². The molecule has 0 aromatic heterocycles. The Morgan fingerprint density at radius 2 is 1.89 bits per heavy atom. The van der Waals surface area contributed by atoms with Crippen molar-refractivity contribution < 1.29 is 4.74 Å². The Morgan fingerprint density at radius 1 is 1.11 bits per heavy atom. The summed E-state index contributed by atoms with van der Waals surface area (Å²) in [5.74, 6) is 0.812. The molecule has 18 heavy (non-hydrogen) atoms. The molecule has 108 valence electrons. The van der Waals surface area contributed by atoms with Gasteiger partial charge in [-0.3, -0.25) is 0 Å². The van der Waals surface area contributed by atoms with E-state index in [4.69, 9.17) is 4.74 Å². The smallest absolute Gasteiger partial charge is 0.0623 e. The molecule has 0 radical (unpaired) electrons. The maximum atomic E-state index is 6.24. The molecule has 3 atom stereocenters.